The zero-order valence-corrected chi connectivity index (χ0v) is 14.9. The van der Waals surface area contributed by atoms with Crippen LogP contribution in [0.3, 0.4) is 0 Å². The predicted molar refractivity (Wildman–Crippen MR) is 97.0 cm³/mol. The fourth-order valence-corrected chi connectivity index (χ4v) is 2.61. The second-order valence-electron chi connectivity index (χ2n) is 6.41. The Hall–Kier alpha value is -1.22. The zero-order chi connectivity index (χ0) is 16.4. The molecule has 0 aliphatic heterocycles. The van der Waals surface area contributed by atoms with Crippen molar-refractivity contribution in [3.05, 3.63) is 23.8 Å². The van der Waals surface area contributed by atoms with E-state index < -0.39 is 0 Å². The molecular formula is C19H34N2O. The number of benzene rings is 1. The summed E-state index contributed by atoms with van der Waals surface area (Å²) in [6, 6.07) is 6.23. The molecule has 0 unspecified atom stereocenters. The van der Waals surface area contributed by atoms with E-state index in [0.717, 1.165) is 43.7 Å². The molecule has 3 heteroatoms. The number of phenols is 1. The largest absolute Gasteiger partial charge is 0.508 e. The molecule has 126 valence electrons. The third-order valence-electron chi connectivity index (χ3n) is 4.05. The van der Waals surface area contributed by atoms with Crippen LogP contribution in [0.2, 0.25) is 0 Å². The smallest absolute Gasteiger partial charge is 0.120 e. The molecule has 1 N–H and O–H groups in total. The first-order valence-corrected chi connectivity index (χ1v) is 8.80. The second kappa shape index (κ2) is 10.5. The number of phenolic OH excluding ortho intramolecular Hbond substituents is 1. The van der Waals surface area contributed by atoms with Crippen LogP contribution in [0.1, 0.15) is 51.5 Å². The summed E-state index contributed by atoms with van der Waals surface area (Å²) in [5.74, 6) is 0.453. The summed E-state index contributed by atoms with van der Waals surface area (Å²) < 4.78 is 0. The highest BCUT2D eigenvalue weighted by atomic mass is 16.3. The summed E-state index contributed by atoms with van der Waals surface area (Å²) in [7, 11) is 4.17. The number of aromatic hydroxyl groups is 1. The fraction of sp³-hybridized carbons (Fsp3) is 0.684. The standard InChI is InChI=1S/C19H34N2O/c1-5-7-14-21(15-8-6-2)18-12-11-17(19(22)16-18)10-9-13-20(3)4/h11-12,16,22H,5-10,13-15H2,1-4H3. The van der Waals surface area contributed by atoms with Crippen molar-refractivity contribution in [1.29, 1.82) is 0 Å². The van der Waals surface area contributed by atoms with Gasteiger partial charge >= 0.3 is 0 Å². The number of hydrogen-bond donors (Lipinski definition) is 1. The molecular weight excluding hydrogens is 272 g/mol. The third-order valence-corrected chi connectivity index (χ3v) is 4.05. The Bertz CT molecular complexity index is 410. The lowest BCUT2D eigenvalue weighted by molar-refractivity contribution is 0.397. The van der Waals surface area contributed by atoms with Gasteiger partial charge in [0.2, 0.25) is 0 Å². The predicted octanol–water partition coefficient (Wildman–Crippen LogP) is 4.29. The number of rotatable bonds is 11. The van der Waals surface area contributed by atoms with Crippen LogP contribution in [0.25, 0.3) is 0 Å². The van der Waals surface area contributed by atoms with Gasteiger partial charge in [0, 0.05) is 24.8 Å². The number of aryl methyl sites for hydroxylation is 1. The van der Waals surface area contributed by atoms with Crippen LogP contribution in [0.15, 0.2) is 18.2 Å². The van der Waals surface area contributed by atoms with Gasteiger partial charge in [-0.2, -0.15) is 0 Å². The highest BCUT2D eigenvalue weighted by Gasteiger charge is 2.09. The first-order valence-electron chi connectivity index (χ1n) is 8.80. The minimum atomic E-state index is 0.453. The molecule has 22 heavy (non-hydrogen) atoms. The zero-order valence-electron chi connectivity index (χ0n) is 14.9. The molecule has 1 rings (SSSR count). The minimum Gasteiger partial charge on any atom is -0.508 e. The number of hydrogen-bond acceptors (Lipinski definition) is 3. The van der Waals surface area contributed by atoms with E-state index in [1.165, 1.54) is 25.7 Å². The summed E-state index contributed by atoms with van der Waals surface area (Å²) in [5, 5.41) is 10.3. The first kappa shape index (κ1) is 18.8. The molecule has 0 amide bonds. The molecule has 0 heterocycles. The van der Waals surface area contributed by atoms with Gasteiger partial charge in [-0.25, -0.2) is 0 Å². The molecule has 0 aliphatic carbocycles. The maximum Gasteiger partial charge on any atom is 0.120 e. The van der Waals surface area contributed by atoms with Crippen LogP contribution in [-0.4, -0.2) is 43.7 Å². The Morgan fingerprint density at radius 1 is 0.909 bits per heavy atom. The molecule has 0 aliphatic rings. The Labute approximate surface area is 136 Å². The topological polar surface area (TPSA) is 26.7 Å². The lowest BCUT2D eigenvalue weighted by Crippen LogP contribution is -2.25. The van der Waals surface area contributed by atoms with E-state index in [2.05, 4.69) is 49.9 Å². The van der Waals surface area contributed by atoms with E-state index in [9.17, 15) is 5.11 Å². The maximum atomic E-state index is 10.3. The van der Waals surface area contributed by atoms with Crippen LogP contribution in [0.5, 0.6) is 5.75 Å². The monoisotopic (exact) mass is 306 g/mol. The van der Waals surface area contributed by atoms with Gasteiger partial charge < -0.3 is 14.9 Å². The molecule has 1 aromatic carbocycles. The first-order chi connectivity index (χ1) is 10.6. The Morgan fingerprint density at radius 2 is 1.55 bits per heavy atom. The van der Waals surface area contributed by atoms with E-state index in [-0.39, 0.29) is 0 Å². The van der Waals surface area contributed by atoms with Crippen molar-refractivity contribution in [3.63, 3.8) is 0 Å². The van der Waals surface area contributed by atoms with Gasteiger partial charge in [-0.15, -0.1) is 0 Å². The number of unbranched alkanes of at least 4 members (excludes halogenated alkanes) is 2. The molecule has 0 spiro atoms. The summed E-state index contributed by atoms with van der Waals surface area (Å²) in [5.41, 5.74) is 2.23. The van der Waals surface area contributed by atoms with Gasteiger partial charge in [0.1, 0.15) is 5.75 Å². The van der Waals surface area contributed by atoms with Crippen molar-refractivity contribution >= 4 is 5.69 Å². The number of nitrogens with zero attached hydrogens (tertiary/aromatic N) is 2. The van der Waals surface area contributed by atoms with Gasteiger partial charge in [-0.1, -0.05) is 32.8 Å². The van der Waals surface area contributed by atoms with Gasteiger partial charge in [-0.3, -0.25) is 0 Å². The van der Waals surface area contributed by atoms with E-state index in [1.807, 2.05) is 6.07 Å². The quantitative estimate of drug-likeness (QED) is 0.660. The maximum absolute atomic E-state index is 10.3. The number of anilines is 1. The van der Waals surface area contributed by atoms with Gasteiger partial charge in [0.15, 0.2) is 0 Å². The molecule has 1 aromatic rings. The molecule has 0 radical (unpaired) electrons. The fourth-order valence-electron chi connectivity index (χ4n) is 2.61. The van der Waals surface area contributed by atoms with Crippen molar-refractivity contribution in [3.8, 4) is 5.75 Å². The van der Waals surface area contributed by atoms with E-state index in [4.69, 9.17) is 0 Å². The lowest BCUT2D eigenvalue weighted by atomic mass is 10.1. The van der Waals surface area contributed by atoms with Crippen molar-refractivity contribution in [2.24, 2.45) is 0 Å². The minimum absolute atomic E-state index is 0.453. The van der Waals surface area contributed by atoms with Crippen molar-refractivity contribution in [1.82, 2.24) is 4.90 Å². The normalized spacial score (nSPS) is 11.1. The Balaban J connectivity index is 2.70. The highest BCUT2D eigenvalue weighted by molar-refractivity contribution is 5.53. The van der Waals surface area contributed by atoms with Gasteiger partial charge in [0.05, 0.1) is 0 Å². The van der Waals surface area contributed by atoms with E-state index in [0.29, 0.717) is 5.75 Å². The average molecular weight is 306 g/mol. The third kappa shape index (κ3) is 6.69. The molecule has 0 bridgehead atoms. The summed E-state index contributed by atoms with van der Waals surface area (Å²) in [6.45, 7) is 7.67. The van der Waals surface area contributed by atoms with Crippen molar-refractivity contribution in [2.75, 3.05) is 38.6 Å². The van der Waals surface area contributed by atoms with Crippen LogP contribution in [0, 0.1) is 0 Å². The summed E-state index contributed by atoms with van der Waals surface area (Å²) >= 11 is 0. The molecule has 0 fully saturated rings. The van der Waals surface area contributed by atoms with Gasteiger partial charge in [-0.05, 0) is 58.0 Å². The molecule has 3 nitrogen and oxygen atoms in total. The molecule has 0 saturated carbocycles. The van der Waals surface area contributed by atoms with Crippen molar-refractivity contribution < 1.29 is 5.11 Å². The van der Waals surface area contributed by atoms with Crippen molar-refractivity contribution in [2.45, 2.75) is 52.4 Å². The van der Waals surface area contributed by atoms with Gasteiger partial charge in [0.25, 0.3) is 0 Å². The molecule has 0 saturated heterocycles. The SMILES string of the molecule is CCCCN(CCCC)c1ccc(CCCN(C)C)c(O)c1. The second-order valence-corrected chi connectivity index (χ2v) is 6.41. The average Bonchev–Trinajstić information content (AvgIpc) is 2.49. The van der Waals surface area contributed by atoms with Crippen LogP contribution in [-0.2, 0) is 6.42 Å². The van der Waals surface area contributed by atoms with Crippen LogP contribution >= 0.6 is 0 Å². The lowest BCUT2D eigenvalue weighted by Gasteiger charge is -2.25. The highest BCUT2D eigenvalue weighted by Crippen LogP contribution is 2.26. The van der Waals surface area contributed by atoms with Crippen LogP contribution in [0.4, 0.5) is 5.69 Å². The summed E-state index contributed by atoms with van der Waals surface area (Å²) in [6.07, 6.45) is 6.84. The molecule has 0 aromatic heterocycles. The van der Waals surface area contributed by atoms with E-state index >= 15 is 0 Å². The van der Waals surface area contributed by atoms with E-state index in [1.54, 1.807) is 0 Å². The van der Waals surface area contributed by atoms with Crippen LogP contribution < -0.4 is 4.90 Å². The molecule has 0 atom stereocenters. The Morgan fingerprint density at radius 3 is 2.05 bits per heavy atom. The Kier molecular flexibility index (Phi) is 8.98. The summed E-state index contributed by atoms with van der Waals surface area (Å²) in [4.78, 5) is 4.60.